The van der Waals surface area contributed by atoms with E-state index in [0.717, 1.165) is 11.4 Å². The standard InChI is InChI=1S/C8H14FN3O/c1-6-8(5-12(2)11-6)10-4-7(13)3-9/h5,7,10,13H,3-4H2,1-2H3. The van der Waals surface area contributed by atoms with Crippen LogP contribution >= 0.6 is 0 Å². The lowest BCUT2D eigenvalue weighted by Gasteiger charge is -2.07. The Morgan fingerprint density at radius 2 is 2.46 bits per heavy atom. The molecular weight excluding hydrogens is 173 g/mol. The normalized spacial score (nSPS) is 12.9. The molecule has 0 spiro atoms. The molecule has 0 bridgehead atoms. The number of alkyl halides is 1. The third-order valence-corrected chi connectivity index (χ3v) is 1.72. The summed E-state index contributed by atoms with van der Waals surface area (Å²) in [5.41, 5.74) is 1.67. The molecule has 5 heteroatoms. The molecule has 2 N–H and O–H groups in total. The van der Waals surface area contributed by atoms with Crippen molar-refractivity contribution >= 4 is 5.69 Å². The van der Waals surface area contributed by atoms with Gasteiger partial charge in [-0.2, -0.15) is 5.10 Å². The summed E-state index contributed by atoms with van der Waals surface area (Å²) in [5.74, 6) is 0. The van der Waals surface area contributed by atoms with Gasteiger partial charge in [0.05, 0.1) is 17.5 Å². The molecule has 13 heavy (non-hydrogen) atoms. The number of rotatable bonds is 4. The number of aliphatic hydroxyl groups is 1. The molecule has 1 rings (SSSR count). The van der Waals surface area contributed by atoms with E-state index in [2.05, 4.69) is 10.4 Å². The highest BCUT2D eigenvalue weighted by atomic mass is 19.1. The zero-order valence-electron chi connectivity index (χ0n) is 7.79. The SMILES string of the molecule is Cc1nn(C)cc1NCC(O)CF. The minimum absolute atomic E-state index is 0.211. The summed E-state index contributed by atoms with van der Waals surface area (Å²) in [4.78, 5) is 0. The van der Waals surface area contributed by atoms with Crippen LogP contribution in [0.4, 0.5) is 10.1 Å². The summed E-state index contributed by atoms with van der Waals surface area (Å²) in [6.45, 7) is 1.33. The van der Waals surface area contributed by atoms with Crippen molar-refractivity contribution in [1.29, 1.82) is 0 Å². The van der Waals surface area contributed by atoms with Gasteiger partial charge < -0.3 is 10.4 Å². The predicted octanol–water partition coefficient (Wildman–Crippen LogP) is 0.471. The Labute approximate surface area is 76.4 Å². The molecule has 4 nitrogen and oxygen atoms in total. The number of nitrogens with zero attached hydrogens (tertiary/aromatic N) is 2. The molecule has 1 unspecified atom stereocenters. The number of nitrogens with one attached hydrogen (secondary N) is 1. The lowest BCUT2D eigenvalue weighted by Crippen LogP contribution is -2.21. The van der Waals surface area contributed by atoms with Gasteiger partial charge in [0.1, 0.15) is 6.67 Å². The zero-order chi connectivity index (χ0) is 9.84. The topological polar surface area (TPSA) is 50.1 Å². The van der Waals surface area contributed by atoms with Crippen molar-refractivity contribution in [2.75, 3.05) is 18.5 Å². The third kappa shape index (κ3) is 2.69. The maximum Gasteiger partial charge on any atom is 0.117 e. The van der Waals surface area contributed by atoms with Gasteiger partial charge in [-0.1, -0.05) is 0 Å². The molecule has 0 radical (unpaired) electrons. The van der Waals surface area contributed by atoms with Gasteiger partial charge in [0, 0.05) is 19.8 Å². The van der Waals surface area contributed by atoms with Crippen molar-refractivity contribution in [3.8, 4) is 0 Å². The monoisotopic (exact) mass is 187 g/mol. The average Bonchev–Trinajstić information content (AvgIpc) is 2.41. The number of halogens is 1. The first-order valence-electron chi connectivity index (χ1n) is 4.11. The highest BCUT2D eigenvalue weighted by Gasteiger charge is 2.05. The summed E-state index contributed by atoms with van der Waals surface area (Å²) in [6.07, 6.45) is 0.847. The molecule has 1 heterocycles. The van der Waals surface area contributed by atoms with Gasteiger partial charge in [-0.05, 0) is 6.92 Å². The first-order chi connectivity index (χ1) is 6.13. The van der Waals surface area contributed by atoms with Gasteiger partial charge in [-0.3, -0.25) is 4.68 Å². The van der Waals surface area contributed by atoms with E-state index in [1.807, 2.05) is 14.0 Å². The lowest BCUT2D eigenvalue weighted by molar-refractivity contribution is 0.151. The van der Waals surface area contributed by atoms with Gasteiger partial charge in [-0.25, -0.2) is 4.39 Å². The van der Waals surface area contributed by atoms with E-state index in [4.69, 9.17) is 5.11 Å². The maximum absolute atomic E-state index is 11.9. The molecule has 0 aliphatic rings. The summed E-state index contributed by atoms with van der Waals surface area (Å²) in [5, 5.41) is 16.0. The second kappa shape index (κ2) is 4.23. The van der Waals surface area contributed by atoms with Crippen molar-refractivity contribution in [3.05, 3.63) is 11.9 Å². The van der Waals surface area contributed by atoms with Crippen molar-refractivity contribution in [1.82, 2.24) is 9.78 Å². The predicted molar refractivity (Wildman–Crippen MR) is 48.4 cm³/mol. The molecule has 0 saturated heterocycles. The molecule has 1 atom stereocenters. The van der Waals surface area contributed by atoms with Crippen LogP contribution in [0.5, 0.6) is 0 Å². The van der Waals surface area contributed by atoms with Gasteiger partial charge in [-0.15, -0.1) is 0 Å². The quantitative estimate of drug-likeness (QED) is 0.720. The summed E-state index contributed by atoms with van der Waals surface area (Å²) < 4.78 is 13.6. The zero-order valence-corrected chi connectivity index (χ0v) is 7.79. The Balaban J connectivity index is 2.49. The first-order valence-corrected chi connectivity index (χ1v) is 4.11. The molecule has 0 aromatic carbocycles. The molecule has 74 valence electrons. The molecule has 1 aromatic heterocycles. The Bertz CT molecular complexity index is 274. The minimum atomic E-state index is -0.945. The van der Waals surface area contributed by atoms with Crippen LogP contribution in [0.1, 0.15) is 5.69 Å². The second-order valence-corrected chi connectivity index (χ2v) is 2.99. The average molecular weight is 187 g/mol. The van der Waals surface area contributed by atoms with Gasteiger partial charge in [0.25, 0.3) is 0 Å². The Hall–Kier alpha value is -1.10. The minimum Gasteiger partial charge on any atom is -0.389 e. The van der Waals surface area contributed by atoms with E-state index in [-0.39, 0.29) is 6.54 Å². The van der Waals surface area contributed by atoms with Crippen LogP contribution in [0.2, 0.25) is 0 Å². The van der Waals surface area contributed by atoms with Crippen LogP contribution in [0.15, 0.2) is 6.20 Å². The Morgan fingerprint density at radius 3 is 2.92 bits per heavy atom. The number of aliphatic hydroxyl groups excluding tert-OH is 1. The molecule has 0 saturated carbocycles. The van der Waals surface area contributed by atoms with Crippen LogP contribution < -0.4 is 5.32 Å². The number of hydrogen-bond donors (Lipinski definition) is 2. The molecule has 0 aliphatic heterocycles. The van der Waals surface area contributed by atoms with E-state index in [0.29, 0.717) is 0 Å². The summed E-state index contributed by atoms with van der Waals surface area (Å²) in [7, 11) is 1.81. The Morgan fingerprint density at radius 1 is 1.77 bits per heavy atom. The first kappa shape index (κ1) is 9.98. The van der Waals surface area contributed by atoms with Gasteiger partial charge in [0.2, 0.25) is 0 Å². The van der Waals surface area contributed by atoms with Crippen LogP contribution in [-0.4, -0.2) is 34.2 Å². The maximum atomic E-state index is 11.9. The highest BCUT2D eigenvalue weighted by Crippen LogP contribution is 2.10. The number of aryl methyl sites for hydroxylation is 2. The largest absolute Gasteiger partial charge is 0.389 e. The van der Waals surface area contributed by atoms with E-state index in [1.54, 1.807) is 10.9 Å². The summed E-state index contributed by atoms with van der Waals surface area (Å²) in [6, 6.07) is 0. The van der Waals surface area contributed by atoms with Crippen LogP contribution in [0.3, 0.4) is 0 Å². The number of hydrogen-bond acceptors (Lipinski definition) is 3. The van der Waals surface area contributed by atoms with E-state index in [1.165, 1.54) is 0 Å². The van der Waals surface area contributed by atoms with Crippen molar-refractivity contribution in [2.45, 2.75) is 13.0 Å². The van der Waals surface area contributed by atoms with Crippen LogP contribution in [-0.2, 0) is 7.05 Å². The van der Waals surface area contributed by atoms with Crippen LogP contribution in [0.25, 0.3) is 0 Å². The van der Waals surface area contributed by atoms with Gasteiger partial charge in [0.15, 0.2) is 0 Å². The van der Waals surface area contributed by atoms with E-state index >= 15 is 0 Å². The lowest BCUT2D eigenvalue weighted by atomic mass is 10.3. The molecule has 0 aliphatic carbocycles. The van der Waals surface area contributed by atoms with Crippen molar-refractivity contribution in [3.63, 3.8) is 0 Å². The van der Waals surface area contributed by atoms with E-state index < -0.39 is 12.8 Å². The highest BCUT2D eigenvalue weighted by molar-refractivity contribution is 5.45. The van der Waals surface area contributed by atoms with E-state index in [9.17, 15) is 4.39 Å². The smallest absolute Gasteiger partial charge is 0.117 e. The fraction of sp³-hybridized carbons (Fsp3) is 0.625. The molecule has 0 fully saturated rings. The van der Waals surface area contributed by atoms with Crippen LogP contribution in [0, 0.1) is 6.92 Å². The molecular formula is C8H14FN3O. The Kier molecular flexibility index (Phi) is 3.25. The summed E-state index contributed by atoms with van der Waals surface area (Å²) >= 11 is 0. The third-order valence-electron chi connectivity index (χ3n) is 1.72. The van der Waals surface area contributed by atoms with Gasteiger partial charge >= 0.3 is 0 Å². The molecule has 0 amide bonds. The van der Waals surface area contributed by atoms with Crippen molar-refractivity contribution in [2.24, 2.45) is 7.05 Å². The fourth-order valence-electron chi connectivity index (χ4n) is 1.06. The number of anilines is 1. The second-order valence-electron chi connectivity index (χ2n) is 2.99. The fourth-order valence-corrected chi connectivity index (χ4v) is 1.06. The number of aromatic nitrogens is 2. The molecule has 1 aromatic rings. The van der Waals surface area contributed by atoms with Crippen molar-refractivity contribution < 1.29 is 9.50 Å².